The van der Waals surface area contributed by atoms with Crippen LogP contribution in [-0.4, -0.2) is 41.8 Å². The largest absolute Gasteiger partial charge is 0.490 e. The highest BCUT2D eigenvalue weighted by molar-refractivity contribution is 5.85. The lowest BCUT2D eigenvalue weighted by atomic mass is 9.87. The van der Waals surface area contributed by atoms with E-state index in [4.69, 9.17) is 9.90 Å². The molecule has 0 aliphatic carbocycles. The Morgan fingerprint density at radius 2 is 1.94 bits per heavy atom. The van der Waals surface area contributed by atoms with Crippen LogP contribution in [0.15, 0.2) is 0 Å². The average molecular weight is 240 g/mol. The number of rotatable bonds is 0. The first-order chi connectivity index (χ1) is 7.25. The van der Waals surface area contributed by atoms with Crippen molar-refractivity contribution in [3.05, 3.63) is 0 Å². The SMILES string of the molecule is O=C(O)C(F)(F)F.O=C1CC2(CCNC2)N1. The van der Waals surface area contributed by atoms with Crippen molar-refractivity contribution in [2.75, 3.05) is 13.1 Å². The van der Waals surface area contributed by atoms with Crippen molar-refractivity contribution in [1.29, 1.82) is 0 Å². The zero-order chi connectivity index (χ0) is 12.4. The van der Waals surface area contributed by atoms with E-state index in [0.29, 0.717) is 0 Å². The monoisotopic (exact) mass is 240 g/mol. The van der Waals surface area contributed by atoms with Gasteiger partial charge in [-0.2, -0.15) is 13.2 Å². The van der Waals surface area contributed by atoms with Gasteiger partial charge in [-0.15, -0.1) is 0 Å². The number of aliphatic carboxylic acids is 1. The molecule has 5 nitrogen and oxygen atoms in total. The van der Waals surface area contributed by atoms with Crippen molar-refractivity contribution >= 4 is 11.9 Å². The number of hydrogen-bond donors (Lipinski definition) is 3. The fourth-order valence-electron chi connectivity index (χ4n) is 1.59. The van der Waals surface area contributed by atoms with Crippen LogP contribution in [0.5, 0.6) is 0 Å². The Labute approximate surface area is 89.0 Å². The van der Waals surface area contributed by atoms with Gasteiger partial charge in [-0.25, -0.2) is 4.79 Å². The number of nitrogens with one attached hydrogen (secondary N) is 2. The predicted octanol–water partition coefficient (Wildman–Crippen LogP) is -0.128. The summed E-state index contributed by atoms with van der Waals surface area (Å²) >= 11 is 0. The molecule has 92 valence electrons. The molecule has 16 heavy (non-hydrogen) atoms. The predicted molar refractivity (Wildman–Crippen MR) is 46.7 cm³/mol. The maximum absolute atomic E-state index is 10.6. The molecule has 0 aromatic rings. The number of β-lactam (4-membered cyclic amide) rings is 1. The molecule has 8 heteroatoms. The van der Waals surface area contributed by atoms with Crippen molar-refractivity contribution in [3.63, 3.8) is 0 Å². The highest BCUT2D eigenvalue weighted by atomic mass is 19.4. The van der Waals surface area contributed by atoms with E-state index in [1.165, 1.54) is 0 Å². The van der Waals surface area contributed by atoms with Gasteiger partial charge in [0, 0.05) is 6.54 Å². The second-order valence-electron chi connectivity index (χ2n) is 3.73. The molecule has 1 atom stereocenters. The molecule has 1 amide bonds. The van der Waals surface area contributed by atoms with Crippen LogP contribution in [0.3, 0.4) is 0 Å². The molecule has 2 fully saturated rings. The fourth-order valence-corrected chi connectivity index (χ4v) is 1.59. The number of hydrogen-bond acceptors (Lipinski definition) is 3. The summed E-state index contributed by atoms with van der Waals surface area (Å²) in [7, 11) is 0. The van der Waals surface area contributed by atoms with E-state index in [0.717, 1.165) is 25.9 Å². The van der Waals surface area contributed by atoms with E-state index in [1.807, 2.05) is 0 Å². The molecule has 0 bridgehead atoms. The Balaban J connectivity index is 0.000000168. The molecule has 0 aromatic heterocycles. The van der Waals surface area contributed by atoms with Gasteiger partial charge in [0.2, 0.25) is 5.91 Å². The first-order valence-corrected chi connectivity index (χ1v) is 4.57. The number of carboxylic acids is 1. The molecule has 0 radical (unpaired) electrons. The highest BCUT2D eigenvalue weighted by Gasteiger charge is 2.44. The molecule has 1 spiro atoms. The minimum Gasteiger partial charge on any atom is -0.475 e. The summed E-state index contributed by atoms with van der Waals surface area (Å²) in [4.78, 5) is 19.4. The summed E-state index contributed by atoms with van der Waals surface area (Å²) in [5.41, 5.74) is 0.178. The van der Waals surface area contributed by atoms with Crippen LogP contribution in [0.1, 0.15) is 12.8 Å². The van der Waals surface area contributed by atoms with Gasteiger partial charge >= 0.3 is 12.1 Å². The summed E-state index contributed by atoms with van der Waals surface area (Å²) < 4.78 is 31.7. The number of amides is 1. The third-order valence-corrected chi connectivity index (χ3v) is 2.39. The van der Waals surface area contributed by atoms with Crippen molar-refractivity contribution < 1.29 is 27.9 Å². The lowest BCUT2D eigenvalue weighted by molar-refractivity contribution is -0.192. The molecular formula is C8H11F3N2O3. The third kappa shape index (κ3) is 3.09. The quantitative estimate of drug-likeness (QED) is 0.515. The Kier molecular flexibility index (Phi) is 3.41. The van der Waals surface area contributed by atoms with Gasteiger partial charge < -0.3 is 15.7 Å². The second kappa shape index (κ2) is 4.28. The Morgan fingerprint density at radius 1 is 1.44 bits per heavy atom. The first-order valence-electron chi connectivity index (χ1n) is 4.57. The van der Waals surface area contributed by atoms with Crippen molar-refractivity contribution in [3.8, 4) is 0 Å². The van der Waals surface area contributed by atoms with Crippen LogP contribution in [0, 0.1) is 0 Å². The number of alkyl halides is 3. The van der Waals surface area contributed by atoms with E-state index in [2.05, 4.69) is 10.6 Å². The first kappa shape index (κ1) is 12.8. The highest BCUT2D eigenvalue weighted by Crippen LogP contribution is 2.25. The number of carbonyl (C=O) groups excluding carboxylic acids is 1. The van der Waals surface area contributed by atoms with Gasteiger partial charge in [0.05, 0.1) is 12.0 Å². The van der Waals surface area contributed by atoms with Gasteiger partial charge in [-0.1, -0.05) is 0 Å². The lowest BCUT2D eigenvalue weighted by Gasteiger charge is -2.37. The van der Waals surface area contributed by atoms with Crippen LogP contribution in [0.2, 0.25) is 0 Å². The summed E-state index contributed by atoms with van der Waals surface area (Å²) in [6.45, 7) is 2.03. The molecule has 3 N–H and O–H groups in total. The van der Waals surface area contributed by atoms with Gasteiger partial charge in [0.1, 0.15) is 0 Å². The van der Waals surface area contributed by atoms with Crippen LogP contribution in [0.4, 0.5) is 13.2 Å². The molecule has 2 saturated heterocycles. The smallest absolute Gasteiger partial charge is 0.475 e. The van der Waals surface area contributed by atoms with Gasteiger partial charge in [-0.05, 0) is 13.0 Å². The fraction of sp³-hybridized carbons (Fsp3) is 0.750. The van der Waals surface area contributed by atoms with Crippen LogP contribution >= 0.6 is 0 Å². The number of carboxylic acid groups (broad SMARTS) is 1. The third-order valence-electron chi connectivity index (χ3n) is 2.39. The number of carbonyl (C=O) groups is 2. The van der Waals surface area contributed by atoms with Crippen LogP contribution < -0.4 is 10.6 Å². The Morgan fingerprint density at radius 3 is 2.19 bits per heavy atom. The van der Waals surface area contributed by atoms with Crippen LogP contribution in [-0.2, 0) is 9.59 Å². The van der Waals surface area contributed by atoms with Gasteiger partial charge in [0.15, 0.2) is 0 Å². The lowest BCUT2D eigenvalue weighted by Crippen LogP contribution is -2.62. The van der Waals surface area contributed by atoms with E-state index < -0.39 is 12.1 Å². The zero-order valence-corrected chi connectivity index (χ0v) is 8.23. The molecule has 2 rings (SSSR count). The molecule has 0 aromatic carbocycles. The number of halogens is 3. The summed E-state index contributed by atoms with van der Waals surface area (Å²) in [6, 6.07) is 0. The molecule has 0 saturated carbocycles. The molecular weight excluding hydrogens is 229 g/mol. The van der Waals surface area contributed by atoms with Crippen molar-refractivity contribution in [2.24, 2.45) is 0 Å². The molecule has 2 heterocycles. The topological polar surface area (TPSA) is 78.4 Å². The average Bonchev–Trinajstić information content (AvgIpc) is 2.51. The molecule has 2 aliphatic heterocycles. The van der Waals surface area contributed by atoms with Crippen molar-refractivity contribution in [1.82, 2.24) is 10.6 Å². The Hall–Kier alpha value is -1.31. The van der Waals surface area contributed by atoms with E-state index in [-0.39, 0.29) is 11.4 Å². The summed E-state index contributed by atoms with van der Waals surface area (Å²) in [6.07, 6.45) is -3.24. The summed E-state index contributed by atoms with van der Waals surface area (Å²) in [5.74, 6) is -2.55. The molecule has 2 aliphatic rings. The zero-order valence-electron chi connectivity index (χ0n) is 8.23. The maximum Gasteiger partial charge on any atom is 0.490 e. The second-order valence-corrected chi connectivity index (χ2v) is 3.73. The summed E-state index contributed by atoms with van der Waals surface area (Å²) in [5, 5.41) is 13.3. The van der Waals surface area contributed by atoms with E-state index in [9.17, 15) is 18.0 Å². The van der Waals surface area contributed by atoms with Gasteiger partial charge in [-0.3, -0.25) is 4.79 Å². The van der Waals surface area contributed by atoms with E-state index >= 15 is 0 Å². The minimum atomic E-state index is -5.08. The Bertz CT molecular complexity index is 287. The van der Waals surface area contributed by atoms with Crippen molar-refractivity contribution in [2.45, 2.75) is 24.6 Å². The molecule has 1 unspecified atom stereocenters. The maximum atomic E-state index is 10.6. The van der Waals surface area contributed by atoms with E-state index in [1.54, 1.807) is 0 Å². The standard InChI is InChI=1S/C6H10N2O.C2HF3O2/c9-5-3-6(8-5)1-2-7-4-6;3-2(4,5)1(6)7/h7H,1-4H2,(H,8,9);(H,6,7). The minimum absolute atomic E-state index is 0.178. The van der Waals surface area contributed by atoms with Crippen LogP contribution in [0.25, 0.3) is 0 Å². The normalized spacial score (nSPS) is 27.8. The van der Waals surface area contributed by atoms with Gasteiger partial charge in [0.25, 0.3) is 0 Å².